The van der Waals surface area contributed by atoms with Crippen molar-refractivity contribution in [3.05, 3.63) is 20.8 Å². The fourth-order valence-electron chi connectivity index (χ4n) is 1.38. The summed E-state index contributed by atoms with van der Waals surface area (Å²) < 4.78 is 1.04. The van der Waals surface area contributed by atoms with Crippen LogP contribution < -0.4 is 0 Å². The minimum Gasteiger partial charge on any atom is -0.481 e. The summed E-state index contributed by atoms with van der Waals surface area (Å²) in [5.41, 5.74) is 0. The molecule has 0 bridgehead atoms. The van der Waals surface area contributed by atoms with E-state index >= 15 is 0 Å². The van der Waals surface area contributed by atoms with Gasteiger partial charge >= 0.3 is 5.97 Å². The van der Waals surface area contributed by atoms with Crippen molar-refractivity contribution < 1.29 is 9.90 Å². The second-order valence-corrected chi connectivity index (χ2v) is 5.47. The third-order valence-corrected chi connectivity index (χ3v) is 3.98. The number of hydrogen-bond acceptors (Lipinski definition) is 2. The van der Waals surface area contributed by atoms with Crippen molar-refractivity contribution in [1.29, 1.82) is 0 Å². The maximum absolute atomic E-state index is 10.7. The van der Waals surface area contributed by atoms with Crippen LogP contribution in [0, 0.1) is 5.92 Å². The van der Waals surface area contributed by atoms with Crippen LogP contribution >= 0.6 is 27.3 Å². The van der Waals surface area contributed by atoms with Gasteiger partial charge in [0.15, 0.2) is 0 Å². The van der Waals surface area contributed by atoms with Gasteiger partial charge in [-0.05, 0) is 27.9 Å². The predicted molar refractivity (Wildman–Crippen MR) is 61.9 cm³/mol. The van der Waals surface area contributed by atoms with Gasteiger partial charge in [0.1, 0.15) is 0 Å². The van der Waals surface area contributed by atoms with Crippen molar-refractivity contribution in [2.75, 3.05) is 0 Å². The average molecular weight is 277 g/mol. The molecule has 2 nitrogen and oxygen atoms in total. The fraction of sp³-hybridized carbons (Fsp3) is 0.500. The molecule has 0 aromatic carbocycles. The summed E-state index contributed by atoms with van der Waals surface area (Å²) in [6, 6.07) is 2.01. The van der Waals surface area contributed by atoms with E-state index in [1.807, 2.05) is 11.4 Å². The Balaban J connectivity index is 2.82. The highest BCUT2D eigenvalue weighted by molar-refractivity contribution is 9.10. The summed E-state index contributed by atoms with van der Waals surface area (Å²) in [5.74, 6) is -0.242. The molecule has 1 rings (SSSR count). The van der Waals surface area contributed by atoms with E-state index in [2.05, 4.69) is 29.8 Å². The second kappa shape index (κ2) is 4.94. The van der Waals surface area contributed by atoms with E-state index in [0.717, 1.165) is 9.35 Å². The van der Waals surface area contributed by atoms with Gasteiger partial charge in [-0.1, -0.05) is 13.8 Å². The molecule has 0 aliphatic carbocycles. The number of carbonyl (C=O) groups is 1. The van der Waals surface area contributed by atoms with Crippen LogP contribution in [0.2, 0.25) is 0 Å². The number of aliphatic carboxylic acids is 1. The van der Waals surface area contributed by atoms with Crippen LogP contribution in [-0.4, -0.2) is 11.1 Å². The van der Waals surface area contributed by atoms with Gasteiger partial charge in [-0.25, -0.2) is 0 Å². The Hall–Kier alpha value is -0.350. The van der Waals surface area contributed by atoms with E-state index in [4.69, 9.17) is 5.11 Å². The molecule has 0 saturated carbocycles. The zero-order valence-electron chi connectivity index (χ0n) is 8.16. The first kappa shape index (κ1) is 11.7. The third kappa shape index (κ3) is 3.10. The second-order valence-electron chi connectivity index (χ2n) is 3.62. The Kier molecular flexibility index (Phi) is 4.13. The molecule has 1 aromatic rings. The Morgan fingerprint density at radius 2 is 2.29 bits per heavy atom. The van der Waals surface area contributed by atoms with E-state index in [1.54, 1.807) is 11.3 Å². The number of thiophene rings is 1. The Labute approximate surface area is 96.1 Å². The number of hydrogen-bond donors (Lipinski definition) is 1. The van der Waals surface area contributed by atoms with Gasteiger partial charge in [-0.15, -0.1) is 11.3 Å². The van der Waals surface area contributed by atoms with Crippen LogP contribution in [0.3, 0.4) is 0 Å². The molecular formula is C10H13BrO2S. The summed E-state index contributed by atoms with van der Waals surface area (Å²) in [5, 5.41) is 10.8. The Morgan fingerprint density at radius 1 is 1.64 bits per heavy atom. The summed E-state index contributed by atoms with van der Waals surface area (Å²) in [6.45, 7) is 4.11. The van der Waals surface area contributed by atoms with Crippen molar-refractivity contribution in [1.82, 2.24) is 0 Å². The van der Waals surface area contributed by atoms with Gasteiger partial charge in [-0.2, -0.15) is 0 Å². The minimum absolute atomic E-state index is 0.129. The third-order valence-electron chi connectivity index (χ3n) is 2.15. The van der Waals surface area contributed by atoms with Crippen LogP contribution in [0.1, 0.15) is 31.1 Å². The van der Waals surface area contributed by atoms with E-state index < -0.39 is 5.97 Å². The summed E-state index contributed by atoms with van der Waals surface area (Å²) in [7, 11) is 0. The average Bonchev–Trinajstić information content (AvgIpc) is 2.46. The predicted octanol–water partition coefficient (Wildman–Crippen LogP) is 3.72. The van der Waals surface area contributed by atoms with Crippen molar-refractivity contribution >= 4 is 33.2 Å². The lowest BCUT2D eigenvalue weighted by molar-refractivity contribution is -0.137. The highest BCUT2D eigenvalue weighted by Gasteiger charge is 2.20. The van der Waals surface area contributed by atoms with Crippen molar-refractivity contribution in [2.24, 2.45) is 5.92 Å². The topological polar surface area (TPSA) is 37.3 Å². The maximum atomic E-state index is 10.7. The first-order valence-electron chi connectivity index (χ1n) is 4.46. The normalized spacial score (nSPS) is 13.1. The van der Waals surface area contributed by atoms with Gasteiger partial charge in [0.2, 0.25) is 0 Å². The molecule has 0 amide bonds. The molecule has 1 unspecified atom stereocenters. The van der Waals surface area contributed by atoms with Crippen LogP contribution in [-0.2, 0) is 4.79 Å². The highest BCUT2D eigenvalue weighted by atomic mass is 79.9. The Bertz CT molecular complexity index is 320. The van der Waals surface area contributed by atoms with E-state index in [1.165, 1.54) is 0 Å². The molecule has 1 heterocycles. The molecule has 78 valence electrons. The number of carboxylic acid groups (broad SMARTS) is 1. The molecule has 1 atom stereocenters. The highest BCUT2D eigenvalue weighted by Crippen LogP contribution is 2.34. The molecule has 1 N–H and O–H groups in total. The van der Waals surface area contributed by atoms with Crippen LogP contribution in [0.4, 0.5) is 0 Å². The number of halogens is 1. The zero-order chi connectivity index (χ0) is 10.7. The maximum Gasteiger partial charge on any atom is 0.304 e. The van der Waals surface area contributed by atoms with E-state index in [0.29, 0.717) is 5.92 Å². The summed E-state index contributed by atoms with van der Waals surface area (Å²) in [4.78, 5) is 11.8. The van der Waals surface area contributed by atoms with Crippen molar-refractivity contribution in [2.45, 2.75) is 26.2 Å². The first-order valence-corrected chi connectivity index (χ1v) is 6.13. The molecule has 0 spiro atoms. The molecule has 14 heavy (non-hydrogen) atoms. The lowest BCUT2D eigenvalue weighted by atomic mass is 9.91. The lowest BCUT2D eigenvalue weighted by Crippen LogP contribution is -2.10. The van der Waals surface area contributed by atoms with Gasteiger partial charge in [0, 0.05) is 20.6 Å². The minimum atomic E-state index is -0.728. The largest absolute Gasteiger partial charge is 0.481 e. The van der Waals surface area contributed by atoms with Crippen LogP contribution in [0.25, 0.3) is 0 Å². The molecule has 1 aromatic heterocycles. The van der Waals surface area contributed by atoms with Crippen molar-refractivity contribution in [3.8, 4) is 0 Å². The smallest absolute Gasteiger partial charge is 0.304 e. The summed E-state index contributed by atoms with van der Waals surface area (Å²) in [6.07, 6.45) is 0.213. The van der Waals surface area contributed by atoms with Gasteiger partial charge in [0.25, 0.3) is 0 Å². The van der Waals surface area contributed by atoms with Crippen LogP contribution in [0.5, 0.6) is 0 Å². The Morgan fingerprint density at radius 3 is 2.64 bits per heavy atom. The van der Waals surface area contributed by atoms with Crippen molar-refractivity contribution in [3.63, 3.8) is 0 Å². The molecule has 0 aliphatic heterocycles. The molecule has 0 radical (unpaired) electrons. The molecular weight excluding hydrogens is 264 g/mol. The lowest BCUT2D eigenvalue weighted by Gasteiger charge is -2.16. The van der Waals surface area contributed by atoms with Gasteiger partial charge in [-0.3, -0.25) is 4.79 Å². The molecule has 4 heteroatoms. The molecule has 0 aliphatic rings. The SMILES string of the molecule is CC(C)C(CC(=O)O)c1cc(Br)cs1. The van der Waals surface area contributed by atoms with E-state index in [-0.39, 0.29) is 12.3 Å². The summed E-state index contributed by atoms with van der Waals surface area (Å²) >= 11 is 5.00. The molecule has 0 fully saturated rings. The zero-order valence-corrected chi connectivity index (χ0v) is 10.6. The number of rotatable bonds is 4. The monoisotopic (exact) mass is 276 g/mol. The van der Waals surface area contributed by atoms with E-state index in [9.17, 15) is 4.79 Å². The number of carboxylic acids is 1. The van der Waals surface area contributed by atoms with Gasteiger partial charge in [0.05, 0.1) is 6.42 Å². The first-order chi connectivity index (χ1) is 6.50. The van der Waals surface area contributed by atoms with Crippen LogP contribution in [0.15, 0.2) is 15.9 Å². The van der Waals surface area contributed by atoms with Gasteiger partial charge < -0.3 is 5.11 Å². The standard InChI is InChI=1S/C10H13BrO2S/c1-6(2)8(4-10(12)13)9-3-7(11)5-14-9/h3,5-6,8H,4H2,1-2H3,(H,12,13). The fourth-order valence-corrected chi connectivity index (χ4v) is 3.10. The molecule has 0 saturated heterocycles. The quantitative estimate of drug-likeness (QED) is 0.910.